The number of ketones is 1. The van der Waals surface area contributed by atoms with Crippen LogP contribution in [0.3, 0.4) is 0 Å². The smallest absolute Gasteiger partial charge is 0.197 e. The number of rotatable bonds is 6. The Balaban J connectivity index is 1.54. The molecule has 1 aliphatic rings. The molecule has 2 aromatic rings. The van der Waals surface area contributed by atoms with Gasteiger partial charge in [-0.15, -0.1) is 0 Å². The van der Waals surface area contributed by atoms with Gasteiger partial charge in [0, 0.05) is 0 Å². The van der Waals surface area contributed by atoms with Crippen LogP contribution in [0.25, 0.3) is 0 Å². The molecule has 1 heterocycles. The van der Waals surface area contributed by atoms with Crippen molar-refractivity contribution < 1.29 is 23.8 Å². The van der Waals surface area contributed by atoms with Crippen LogP contribution in [0.1, 0.15) is 23.7 Å². The molecule has 1 aliphatic heterocycles. The minimum absolute atomic E-state index is 0.00820. The van der Waals surface area contributed by atoms with E-state index in [1.54, 1.807) is 18.2 Å². The van der Waals surface area contributed by atoms with E-state index in [1.165, 1.54) is 18.2 Å². The van der Waals surface area contributed by atoms with Gasteiger partial charge in [-0.25, -0.2) is 4.39 Å². The summed E-state index contributed by atoms with van der Waals surface area (Å²) in [6.45, 7) is 0.00820. The highest BCUT2D eigenvalue weighted by atomic mass is 32.2. The number of carbonyl (C=O) groups is 2. The molecule has 3 rings (SSSR count). The number of hydrogen-bond acceptors (Lipinski definition) is 5. The van der Waals surface area contributed by atoms with Crippen molar-refractivity contribution in [2.45, 2.75) is 24.2 Å². The van der Waals surface area contributed by atoms with Crippen LogP contribution in [0, 0.1) is 5.82 Å². The lowest BCUT2D eigenvalue weighted by atomic mass is 10.1. The van der Waals surface area contributed by atoms with Crippen LogP contribution in [-0.2, 0) is 16.0 Å². The molecule has 0 radical (unpaired) electrons. The standard InChI is InChI=1S/C19H17FO4S/c20-14-3-1-2-13(9-14)17(22)11-24-15-6-4-12(5-7-15)8-18-16(21)10-19(23)25-18/h1-7,9,17-18,22H,8,10-11H2/t17-,18?/m0/s1. The van der Waals surface area contributed by atoms with Crippen LogP contribution in [0.15, 0.2) is 48.5 Å². The average molecular weight is 360 g/mol. The van der Waals surface area contributed by atoms with Crippen molar-refractivity contribution in [1.82, 2.24) is 0 Å². The van der Waals surface area contributed by atoms with Crippen molar-refractivity contribution in [3.05, 3.63) is 65.5 Å². The molecule has 1 N–H and O–H groups in total. The van der Waals surface area contributed by atoms with Gasteiger partial charge in [-0.3, -0.25) is 9.59 Å². The van der Waals surface area contributed by atoms with E-state index in [1.807, 2.05) is 12.1 Å². The number of Topliss-reactive ketones (excluding diaryl/α,β-unsaturated/α-hetero) is 1. The Kier molecular flexibility index (Phi) is 5.50. The number of benzene rings is 2. The Hall–Kier alpha value is -2.18. The minimum Gasteiger partial charge on any atom is -0.491 e. The zero-order valence-electron chi connectivity index (χ0n) is 13.4. The monoisotopic (exact) mass is 360 g/mol. The summed E-state index contributed by atoms with van der Waals surface area (Å²) in [5.74, 6) is 0.146. The summed E-state index contributed by atoms with van der Waals surface area (Å²) in [6, 6.07) is 12.9. The van der Waals surface area contributed by atoms with E-state index >= 15 is 0 Å². The third kappa shape index (κ3) is 4.67. The first-order chi connectivity index (χ1) is 12.0. The lowest BCUT2D eigenvalue weighted by molar-refractivity contribution is -0.121. The Bertz CT molecular complexity index is 775. The van der Waals surface area contributed by atoms with Crippen molar-refractivity contribution in [2.24, 2.45) is 0 Å². The summed E-state index contributed by atoms with van der Waals surface area (Å²) in [7, 11) is 0. The van der Waals surface area contributed by atoms with Crippen LogP contribution >= 0.6 is 11.8 Å². The number of ether oxygens (including phenoxy) is 1. The third-order valence-corrected chi connectivity index (χ3v) is 5.06. The number of aliphatic hydroxyl groups is 1. The molecule has 0 spiro atoms. The fourth-order valence-corrected chi connectivity index (χ4v) is 3.63. The molecule has 2 atom stereocenters. The van der Waals surface area contributed by atoms with Gasteiger partial charge in [-0.05, 0) is 41.8 Å². The van der Waals surface area contributed by atoms with Crippen molar-refractivity contribution in [3.8, 4) is 5.75 Å². The van der Waals surface area contributed by atoms with Gasteiger partial charge in [0.15, 0.2) is 10.9 Å². The number of hydrogen-bond donors (Lipinski definition) is 1. The molecular formula is C19H17FO4S. The zero-order valence-corrected chi connectivity index (χ0v) is 14.2. The van der Waals surface area contributed by atoms with Crippen molar-refractivity contribution in [1.29, 1.82) is 0 Å². The molecule has 2 aromatic carbocycles. The summed E-state index contributed by atoms with van der Waals surface area (Å²) in [5, 5.41) is 9.68. The zero-order chi connectivity index (χ0) is 17.8. The molecule has 4 nitrogen and oxygen atoms in total. The molecule has 1 fully saturated rings. The molecule has 0 bridgehead atoms. The Morgan fingerprint density at radius 1 is 1.20 bits per heavy atom. The second-order valence-corrected chi connectivity index (χ2v) is 7.11. The van der Waals surface area contributed by atoms with Gasteiger partial charge >= 0.3 is 0 Å². The fraction of sp³-hybridized carbons (Fsp3) is 0.263. The largest absolute Gasteiger partial charge is 0.491 e. The number of halogens is 1. The van der Waals surface area contributed by atoms with E-state index in [9.17, 15) is 19.1 Å². The number of carbonyl (C=O) groups excluding carboxylic acids is 2. The van der Waals surface area contributed by atoms with Crippen molar-refractivity contribution >= 4 is 22.7 Å². The van der Waals surface area contributed by atoms with Crippen LogP contribution in [0.5, 0.6) is 5.75 Å². The Morgan fingerprint density at radius 3 is 2.60 bits per heavy atom. The van der Waals surface area contributed by atoms with E-state index in [4.69, 9.17) is 4.74 Å². The first kappa shape index (κ1) is 17.6. The minimum atomic E-state index is -0.922. The molecule has 0 amide bonds. The quantitative estimate of drug-likeness (QED) is 0.802. The van der Waals surface area contributed by atoms with Gasteiger partial charge in [0.05, 0.1) is 11.7 Å². The van der Waals surface area contributed by atoms with Gasteiger partial charge in [-0.1, -0.05) is 36.0 Å². The molecule has 0 saturated carbocycles. The summed E-state index contributed by atoms with van der Waals surface area (Å²) in [6.07, 6.45) is -0.385. The first-order valence-corrected chi connectivity index (χ1v) is 8.76. The SMILES string of the molecule is O=C1CC(=O)C(Cc2ccc(OC[C@H](O)c3cccc(F)c3)cc2)S1. The first-order valence-electron chi connectivity index (χ1n) is 7.89. The Labute approximate surface area is 149 Å². The van der Waals surface area contributed by atoms with Gasteiger partial charge in [0.25, 0.3) is 0 Å². The molecule has 0 aromatic heterocycles. The second-order valence-electron chi connectivity index (χ2n) is 5.85. The van der Waals surface area contributed by atoms with Gasteiger partial charge < -0.3 is 9.84 Å². The third-order valence-electron chi connectivity index (χ3n) is 3.94. The summed E-state index contributed by atoms with van der Waals surface area (Å²) in [4.78, 5) is 22.9. The molecule has 25 heavy (non-hydrogen) atoms. The van der Waals surface area contributed by atoms with Gasteiger partial charge in [0.1, 0.15) is 24.3 Å². The predicted octanol–water partition coefficient (Wildman–Crippen LogP) is 3.08. The summed E-state index contributed by atoms with van der Waals surface area (Å²) >= 11 is 1.10. The molecule has 0 aliphatic carbocycles. The van der Waals surface area contributed by atoms with Gasteiger partial charge in [0.2, 0.25) is 0 Å². The highest BCUT2D eigenvalue weighted by Gasteiger charge is 2.31. The highest BCUT2D eigenvalue weighted by Crippen LogP contribution is 2.28. The molecule has 1 unspecified atom stereocenters. The normalized spacial score (nSPS) is 18.4. The lowest BCUT2D eigenvalue weighted by Gasteiger charge is -2.13. The topological polar surface area (TPSA) is 63.6 Å². The maximum Gasteiger partial charge on any atom is 0.197 e. The van der Waals surface area contributed by atoms with Gasteiger partial charge in [-0.2, -0.15) is 0 Å². The van der Waals surface area contributed by atoms with Crippen LogP contribution in [0.2, 0.25) is 0 Å². The molecular weight excluding hydrogens is 343 g/mol. The average Bonchev–Trinajstić information content (AvgIpc) is 2.91. The fourth-order valence-electron chi connectivity index (χ4n) is 2.60. The van der Waals surface area contributed by atoms with Crippen molar-refractivity contribution in [3.63, 3.8) is 0 Å². The number of aliphatic hydroxyl groups excluding tert-OH is 1. The molecule has 130 valence electrons. The van der Waals surface area contributed by atoms with E-state index in [0.29, 0.717) is 17.7 Å². The van der Waals surface area contributed by atoms with E-state index < -0.39 is 11.9 Å². The predicted molar refractivity (Wildman–Crippen MR) is 93.0 cm³/mol. The molecule has 6 heteroatoms. The highest BCUT2D eigenvalue weighted by molar-refractivity contribution is 8.15. The second kappa shape index (κ2) is 7.80. The lowest BCUT2D eigenvalue weighted by Crippen LogP contribution is -2.13. The summed E-state index contributed by atoms with van der Waals surface area (Å²) in [5.41, 5.74) is 1.40. The van der Waals surface area contributed by atoms with Crippen LogP contribution in [0.4, 0.5) is 4.39 Å². The maximum absolute atomic E-state index is 13.2. The van der Waals surface area contributed by atoms with Crippen LogP contribution < -0.4 is 4.74 Å². The van der Waals surface area contributed by atoms with E-state index in [0.717, 1.165) is 17.3 Å². The van der Waals surface area contributed by atoms with Crippen molar-refractivity contribution in [2.75, 3.05) is 6.61 Å². The maximum atomic E-state index is 13.2. The molecule has 1 saturated heterocycles. The summed E-state index contributed by atoms with van der Waals surface area (Å²) < 4.78 is 18.7. The van der Waals surface area contributed by atoms with E-state index in [-0.39, 0.29) is 29.2 Å². The number of thioether (sulfide) groups is 1. The van der Waals surface area contributed by atoms with E-state index in [2.05, 4.69) is 0 Å². The van der Waals surface area contributed by atoms with Crippen LogP contribution in [-0.4, -0.2) is 27.9 Å². The Morgan fingerprint density at radius 2 is 1.96 bits per heavy atom.